The van der Waals surface area contributed by atoms with E-state index < -0.39 is 0 Å². The number of aromatic nitrogens is 3. The molecule has 28 heavy (non-hydrogen) atoms. The van der Waals surface area contributed by atoms with Gasteiger partial charge in [-0.3, -0.25) is 4.79 Å². The fraction of sp³-hybridized carbons (Fsp3) is 0.381. The van der Waals surface area contributed by atoms with Crippen LogP contribution in [0.5, 0.6) is 0 Å². The van der Waals surface area contributed by atoms with Crippen LogP contribution in [0.4, 0.5) is 5.82 Å². The van der Waals surface area contributed by atoms with Gasteiger partial charge in [0.1, 0.15) is 11.6 Å². The van der Waals surface area contributed by atoms with Gasteiger partial charge in [0.15, 0.2) is 0 Å². The molecular weight excluding hydrogens is 352 g/mol. The summed E-state index contributed by atoms with van der Waals surface area (Å²) < 4.78 is 0. The molecule has 1 fully saturated rings. The van der Waals surface area contributed by atoms with Crippen molar-refractivity contribution in [1.82, 2.24) is 20.3 Å². The first kappa shape index (κ1) is 18.4. The zero-order valence-electron chi connectivity index (χ0n) is 16.0. The van der Waals surface area contributed by atoms with Crippen molar-refractivity contribution in [3.8, 4) is 0 Å². The first-order valence-corrected chi connectivity index (χ1v) is 9.79. The summed E-state index contributed by atoms with van der Waals surface area (Å²) in [5.41, 5.74) is 8.63. The molecule has 146 valence electrons. The number of fused-ring (bicyclic) bond motifs is 1. The second-order valence-corrected chi connectivity index (χ2v) is 7.28. The highest BCUT2D eigenvalue weighted by atomic mass is 16.1. The number of anilines is 1. The number of H-pyrrole nitrogens is 1. The third-order valence-electron chi connectivity index (χ3n) is 5.12. The maximum atomic E-state index is 12.3. The summed E-state index contributed by atoms with van der Waals surface area (Å²) in [5, 5.41) is 7.40. The maximum Gasteiger partial charge on any atom is 0.221 e. The van der Waals surface area contributed by atoms with Crippen molar-refractivity contribution in [3.63, 3.8) is 0 Å². The number of carbonyl (C=O) groups is 1. The zero-order chi connectivity index (χ0) is 19.5. The number of carbonyl (C=O) groups excluding carboxylic acids is 1. The summed E-state index contributed by atoms with van der Waals surface area (Å²) in [6, 6.07) is 9.86. The molecule has 7 nitrogen and oxygen atoms in total. The van der Waals surface area contributed by atoms with E-state index in [0.29, 0.717) is 25.3 Å². The van der Waals surface area contributed by atoms with Crippen molar-refractivity contribution < 1.29 is 4.79 Å². The van der Waals surface area contributed by atoms with Gasteiger partial charge in [-0.2, -0.15) is 0 Å². The predicted molar refractivity (Wildman–Crippen MR) is 110 cm³/mol. The van der Waals surface area contributed by atoms with Crippen molar-refractivity contribution in [3.05, 3.63) is 53.6 Å². The van der Waals surface area contributed by atoms with Gasteiger partial charge >= 0.3 is 0 Å². The first-order valence-electron chi connectivity index (χ1n) is 9.79. The van der Waals surface area contributed by atoms with E-state index in [9.17, 15) is 4.79 Å². The number of para-hydroxylation sites is 1. The molecule has 1 saturated carbocycles. The smallest absolute Gasteiger partial charge is 0.221 e. The van der Waals surface area contributed by atoms with E-state index >= 15 is 0 Å². The van der Waals surface area contributed by atoms with E-state index in [1.54, 1.807) is 0 Å². The quantitative estimate of drug-likeness (QED) is 0.482. The minimum atomic E-state index is -0.245. The molecule has 0 bridgehead atoms. The molecular formula is C21H26N6O. The number of amides is 1. The lowest BCUT2D eigenvalue weighted by atomic mass is 10.0. The third kappa shape index (κ3) is 3.99. The van der Waals surface area contributed by atoms with Crippen LogP contribution in [0.25, 0.3) is 10.9 Å². The fourth-order valence-electron chi connectivity index (χ4n) is 3.46. The summed E-state index contributed by atoms with van der Waals surface area (Å²) in [6.07, 6.45) is 5.20. The largest absolute Gasteiger partial charge is 0.373 e. The minimum absolute atomic E-state index is 0.0649. The lowest BCUT2D eigenvalue weighted by molar-refractivity contribution is -0.121. The van der Waals surface area contributed by atoms with Crippen LogP contribution in [0.2, 0.25) is 0 Å². The molecule has 1 amide bonds. The molecule has 0 saturated heterocycles. The number of nitrogens with zero attached hydrogens (tertiary/aromatic N) is 2. The topological polar surface area (TPSA) is 109 Å². The lowest BCUT2D eigenvalue weighted by Crippen LogP contribution is -2.32. The predicted octanol–water partition coefficient (Wildman–Crippen LogP) is 2.63. The Balaban J connectivity index is 1.69. The van der Waals surface area contributed by atoms with Crippen molar-refractivity contribution >= 4 is 22.6 Å². The Labute approximate surface area is 164 Å². The van der Waals surface area contributed by atoms with Gasteiger partial charge in [-0.05, 0) is 24.5 Å². The number of nitrogens with one attached hydrogen (secondary N) is 3. The Morgan fingerprint density at radius 3 is 2.89 bits per heavy atom. The zero-order valence-corrected chi connectivity index (χ0v) is 16.0. The van der Waals surface area contributed by atoms with Crippen molar-refractivity contribution in [2.75, 3.05) is 18.9 Å². The number of hydrogen-bond donors (Lipinski definition) is 4. The molecule has 1 atom stereocenters. The van der Waals surface area contributed by atoms with E-state index in [1.165, 1.54) is 0 Å². The fourth-order valence-corrected chi connectivity index (χ4v) is 3.46. The molecule has 1 unspecified atom stereocenters. The SMILES string of the molecule is CNc1cc(C(Cc2c[nH]c3ccccc23)NC(=O)CCN)nc(C2CC2)n1. The second kappa shape index (κ2) is 7.98. The van der Waals surface area contributed by atoms with E-state index in [4.69, 9.17) is 10.7 Å². The first-order chi connectivity index (χ1) is 13.7. The third-order valence-corrected chi connectivity index (χ3v) is 5.12. The molecule has 1 aromatic carbocycles. The van der Waals surface area contributed by atoms with Crippen LogP contribution >= 0.6 is 0 Å². The number of hydrogen-bond acceptors (Lipinski definition) is 5. The molecule has 0 radical (unpaired) electrons. The van der Waals surface area contributed by atoms with Crippen LogP contribution in [0.1, 0.15) is 48.3 Å². The molecule has 3 aromatic rings. The van der Waals surface area contributed by atoms with Crippen LogP contribution in [-0.2, 0) is 11.2 Å². The van der Waals surface area contributed by atoms with Crippen molar-refractivity contribution in [1.29, 1.82) is 0 Å². The van der Waals surface area contributed by atoms with E-state index in [1.807, 2.05) is 31.4 Å². The van der Waals surface area contributed by atoms with Gasteiger partial charge in [0.05, 0.1) is 11.7 Å². The van der Waals surface area contributed by atoms with E-state index in [2.05, 4.69) is 32.7 Å². The average Bonchev–Trinajstić information content (AvgIpc) is 3.49. The molecule has 0 aliphatic heterocycles. The van der Waals surface area contributed by atoms with Crippen LogP contribution in [0.3, 0.4) is 0 Å². The highest BCUT2D eigenvalue weighted by molar-refractivity contribution is 5.83. The number of aromatic amines is 1. The molecule has 1 aliphatic rings. The summed E-state index contributed by atoms with van der Waals surface area (Å²) in [6.45, 7) is 0.324. The Hall–Kier alpha value is -2.93. The summed E-state index contributed by atoms with van der Waals surface area (Å²) >= 11 is 0. The number of benzene rings is 1. The van der Waals surface area contributed by atoms with Gasteiger partial charge in [-0.1, -0.05) is 18.2 Å². The Morgan fingerprint density at radius 2 is 2.14 bits per heavy atom. The standard InChI is InChI=1S/C21H26N6O/c1-23-19-11-18(26-21(27-19)13-6-7-13)17(25-20(28)8-9-22)10-14-12-24-16-5-3-2-4-15(14)16/h2-5,11-13,17,24H,6-10,22H2,1H3,(H,25,28)(H,23,26,27). The van der Waals surface area contributed by atoms with Crippen LogP contribution in [0, 0.1) is 0 Å². The second-order valence-electron chi connectivity index (χ2n) is 7.28. The Kier molecular flexibility index (Phi) is 5.25. The Bertz CT molecular complexity index is 978. The van der Waals surface area contributed by atoms with Gasteiger partial charge in [-0.25, -0.2) is 9.97 Å². The molecule has 7 heteroatoms. The molecule has 0 spiro atoms. The highest BCUT2D eigenvalue weighted by Gasteiger charge is 2.29. The molecule has 4 rings (SSSR count). The summed E-state index contributed by atoms with van der Waals surface area (Å²) in [7, 11) is 1.85. The number of nitrogens with two attached hydrogens (primary N) is 1. The maximum absolute atomic E-state index is 12.3. The van der Waals surface area contributed by atoms with Gasteiger partial charge in [0.2, 0.25) is 5.91 Å². The average molecular weight is 378 g/mol. The normalized spacial score (nSPS) is 14.8. The van der Waals surface area contributed by atoms with E-state index in [0.717, 1.165) is 46.6 Å². The molecule has 5 N–H and O–H groups in total. The van der Waals surface area contributed by atoms with Crippen molar-refractivity contribution in [2.24, 2.45) is 5.73 Å². The highest BCUT2D eigenvalue weighted by Crippen LogP contribution is 2.39. The summed E-state index contributed by atoms with van der Waals surface area (Å²) in [4.78, 5) is 25.1. The molecule has 2 aromatic heterocycles. The van der Waals surface area contributed by atoms with Gasteiger partial charge < -0.3 is 21.4 Å². The molecule has 1 aliphatic carbocycles. The summed E-state index contributed by atoms with van der Waals surface area (Å²) in [5.74, 6) is 2.01. The van der Waals surface area contributed by atoms with Gasteiger partial charge in [-0.15, -0.1) is 0 Å². The van der Waals surface area contributed by atoms with Crippen LogP contribution in [0.15, 0.2) is 36.5 Å². The lowest BCUT2D eigenvalue weighted by Gasteiger charge is -2.20. The van der Waals surface area contributed by atoms with Gasteiger partial charge in [0, 0.05) is 55.5 Å². The minimum Gasteiger partial charge on any atom is -0.373 e. The number of rotatable bonds is 8. The van der Waals surface area contributed by atoms with Gasteiger partial charge in [0.25, 0.3) is 0 Å². The monoisotopic (exact) mass is 378 g/mol. The van der Waals surface area contributed by atoms with Crippen molar-refractivity contribution in [2.45, 2.75) is 37.6 Å². The van der Waals surface area contributed by atoms with Crippen LogP contribution in [-0.4, -0.2) is 34.5 Å². The van der Waals surface area contributed by atoms with E-state index in [-0.39, 0.29) is 11.9 Å². The Morgan fingerprint density at radius 1 is 1.32 bits per heavy atom. The molecule has 2 heterocycles. The van der Waals surface area contributed by atoms with Crippen LogP contribution < -0.4 is 16.4 Å².